The summed E-state index contributed by atoms with van der Waals surface area (Å²) in [7, 11) is -3.69. The summed E-state index contributed by atoms with van der Waals surface area (Å²) in [5.74, 6) is -0.232. The van der Waals surface area contributed by atoms with Crippen LogP contribution in [0.25, 0.3) is 0 Å². The molecule has 2 N–H and O–H groups in total. The molecule has 2 aromatic rings. The van der Waals surface area contributed by atoms with Gasteiger partial charge in [0.05, 0.1) is 11.1 Å². The van der Waals surface area contributed by atoms with Gasteiger partial charge in [0.1, 0.15) is 11.6 Å². The van der Waals surface area contributed by atoms with E-state index in [1.807, 2.05) is 0 Å². The van der Waals surface area contributed by atoms with E-state index < -0.39 is 15.8 Å². The summed E-state index contributed by atoms with van der Waals surface area (Å²) >= 11 is 0. The Morgan fingerprint density at radius 2 is 1.88 bits per heavy atom. The van der Waals surface area contributed by atoms with E-state index >= 15 is 0 Å². The number of rotatable bonds is 3. The lowest BCUT2D eigenvalue weighted by molar-refractivity contribution is 0.599. The molecule has 16 heavy (non-hydrogen) atoms. The maximum absolute atomic E-state index is 12.6. The number of benzene rings is 1. The summed E-state index contributed by atoms with van der Waals surface area (Å²) in [6, 6.07) is 6.02. The Morgan fingerprint density at radius 3 is 2.44 bits per heavy atom. The normalized spacial score (nSPS) is 11.3. The Labute approximate surface area is 91.4 Å². The first-order chi connectivity index (χ1) is 7.58. The molecule has 0 radical (unpaired) electrons. The number of anilines is 1. The van der Waals surface area contributed by atoms with Crippen LogP contribution in [-0.2, 0) is 10.0 Å². The van der Waals surface area contributed by atoms with Crippen LogP contribution in [0.1, 0.15) is 0 Å². The minimum absolute atomic E-state index is 0.0106. The van der Waals surface area contributed by atoms with Crippen LogP contribution in [-0.4, -0.2) is 18.6 Å². The molecule has 0 aliphatic heterocycles. The molecule has 1 aromatic heterocycles. The summed E-state index contributed by atoms with van der Waals surface area (Å²) in [6.07, 6.45) is 1.42. The molecule has 0 spiro atoms. The van der Waals surface area contributed by atoms with Gasteiger partial charge in [-0.2, -0.15) is 5.10 Å². The van der Waals surface area contributed by atoms with E-state index in [4.69, 9.17) is 0 Å². The Morgan fingerprint density at radius 1 is 1.19 bits per heavy atom. The number of aromatic nitrogens is 2. The lowest BCUT2D eigenvalue weighted by Gasteiger charge is -2.05. The minimum Gasteiger partial charge on any atom is -0.264 e. The Kier molecular flexibility index (Phi) is 2.61. The molecule has 0 aliphatic rings. The summed E-state index contributed by atoms with van der Waals surface area (Å²) in [5.41, 5.74) is 0. The van der Waals surface area contributed by atoms with Crippen molar-refractivity contribution in [2.24, 2.45) is 0 Å². The summed E-state index contributed by atoms with van der Waals surface area (Å²) in [4.78, 5) is -0.0106. The topological polar surface area (TPSA) is 74.8 Å². The fourth-order valence-corrected chi connectivity index (χ4v) is 2.15. The average molecular weight is 241 g/mol. The predicted molar refractivity (Wildman–Crippen MR) is 55.8 cm³/mol. The van der Waals surface area contributed by atoms with Gasteiger partial charge >= 0.3 is 0 Å². The number of aromatic amines is 1. The number of hydrogen-bond donors (Lipinski definition) is 2. The van der Waals surface area contributed by atoms with Crippen molar-refractivity contribution in [1.82, 2.24) is 10.2 Å². The van der Waals surface area contributed by atoms with E-state index in [-0.39, 0.29) is 10.7 Å². The summed E-state index contributed by atoms with van der Waals surface area (Å²) in [6.45, 7) is 0. The molecular formula is C9H8FN3O2S. The van der Waals surface area contributed by atoms with Crippen LogP contribution in [0.5, 0.6) is 0 Å². The zero-order valence-electron chi connectivity index (χ0n) is 8.01. The molecule has 7 heteroatoms. The summed E-state index contributed by atoms with van der Waals surface area (Å²) < 4.78 is 38.3. The second-order valence-corrected chi connectivity index (χ2v) is 4.71. The Bertz CT molecular complexity index is 563. The first-order valence-electron chi connectivity index (χ1n) is 4.36. The van der Waals surface area contributed by atoms with Crippen molar-refractivity contribution in [2.45, 2.75) is 4.90 Å². The van der Waals surface area contributed by atoms with E-state index in [0.717, 1.165) is 12.1 Å². The van der Waals surface area contributed by atoms with E-state index in [1.54, 1.807) is 0 Å². The highest BCUT2D eigenvalue weighted by atomic mass is 32.2. The lowest BCUT2D eigenvalue weighted by atomic mass is 10.4. The van der Waals surface area contributed by atoms with Gasteiger partial charge in [0.15, 0.2) is 0 Å². The van der Waals surface area contributed by atoms with Crippen molar-refractivity contribution >= 4 is 15.8 Å². The molecule has 0 bridgehead atoms. The number of hydrogen-bond acceptors (Lipinski definition) is 3. The van der Waals surface area contributed by atoms with Gasteiger partial charge < -0.3 is 0 Å². The number of nitrogens with zero attached hydrogens (tertiary/aromatic N) is 1. The molecule has 1 aromatic carbocycles. The maximum atomic E-state index is 12.6. The second-order valence-electron chi connectivity index (χ2n) is 3.03. The molecule has 0 atom stereocenters. The third kappa shape index (κ3) is 2.19. The zero-order chi connectivity index (χ0) is 11.6. The fourth-order valence-electron chi connectivity index (χ4n) is 1.13. The molecule has 0 saturated carbocycles. The largest absolute Gasteiger partial charge is 0.264 e. The van der Waals surface area contributed by atoms with Gasteiger partial charge in [0, 0.05) is 6.07 Å². The monoisotopic (exact) mass is 241 g/mol. The minimum atomic E-state index is -3.69. The molecule has 1 heterocycles. The molecule has 0 unspecified atom stereocenters. The number of H-pyrrole nitrogens is 1. The van der Waals surface area contributed by atoms with Crippen molar-refractivity contribution in [3.05, 3.63) is 42.3 Å². The van der Waals surface area contributed by atoms with Crippen LogP contribution in [0, 0.1) is 5.82 Å². The highest BCUT2D eigenvalue weighted by Gasteiger charge is 2.14. The molecule has 0 fully saturated rings. The van der Waals surface area contributed by atoms with Gasteiger partial charge in [-0.1, -0.05) is 0 Å². The SMILES string of the molecule is O=S(=O)(Nc1ccn[nH]1)c1ccc(F)cc1. The van der Waals surface area contributed by atoms with Crippen LogP contribution in [0.2, 0.25) is 0 Å². The molecule has 2 rings (SSSR count). The van der Waals surface area contributed by atoms with Crippen molar-refractivity contribution in [1.29, 1.82) is 0 Å². The number of sulfonamides is 1. The maximum Gasteiger partial charge on any atom is 0.263 e. The third-order valence-electron chi connectivity index (χ3n) is 1.87. The van der Waals surface area contributed by atoms with Gasteiger partial charge in [-0.05, 0) is 24.3 Å². The average Bonchev–Trinajstić information content (AvgIpc) is 2.70. The lowest BCUT2D eigenvalue weighted by Crippen LogP contribution is -2.13. The molecule has 0 saturated heterocycles. The first kappa shape index (κ1) is 10.6. The van der Waals surface area contributed by atoms with Crippen molar-refractivity contribution in [3.8, 4) is 0 Å². The van der Waals surface area contributed by atoms with Crippen LogP contribution < -0.4 is 4.72 Å². The van der Waals surface area contributed by atoms with Gasteiger partial charge in [-0.3, -0.25) is 9.82 Å². The van der Waals surface area contributed by atoms with Crippen LogP contribution in [0.15, 0.2) is 41.4 Å². The van der Waals surface area contributed by atoms with Crippen molar-refractivity contribution in [2.75, 3.05) is 4.72 Å². The van der Waals surface area contributed by atoms with E-state index in [9.17, 15) is 12.8 Å². The zero-order valence-corrected chi connectivity index (χ0v) is 8.83. The second kappa shape index (κ2) is 3.93. The highest BCUT2D eigenvalue weighted by Crippen LogP contribution is 2.13. The van der Waals surface area contributed by atoms with E-state index in [2.05, 4.69) is 14.9 Å². The third-order valence-corrected chi connectivity index (χ3v) is 3.25. The smallest absolute Gasteiger partial charge is 0.263 e. The fraction of sp³-hybridized carbons (Fsp3) is 0. The predicted octanol–water partition coefficient (Wildman–Crippen LogP) is 1.35. The first-order valence-corrected chi connectivity index (χ1v) is 5.84. The quantitative estimate of drug-likeness (QED) is 0.851. The Balaban J connectivity index is 2.29. The van der Waals surface area contributed by atoms with Crippen LogP contribution in [0.4, 0.5) is 10.2 Å². The van der Waals surface area contributed by atoms with E-state index in [0.29, 0.717) is 0 Å². The number of nitrogens with one attached hydrogen (secondary N) is 2. The highest BCUT2D eigenvalue weighted by molar-refractivity contribution is 7.92. The molecule has 0 aliphatic carbocycles. The van der Waals surface area contributed by atoms with Crippen LogP contribution >= 0.6 is 0 Å². The standard InChI is InChI=1S/C9H8FN3O2S/c10-7-1-3-8(4-2-7)16(14,15)13-9-5-6-11-12-9/h1-6H,(H2,11,12,13). The van der Waals surface area contributed by atoms with Gasteiger partial charge in [-0.15, -0.1) is 0 Å². The molecule has 84 valence electrons. The van der Waals surface area contributed by atoms with Gasteiger partial charge in [0.25, 0.3) is 10.0 Å². The molecule has 5 nitrogen and oxygen atoms in total. The van der Waals surface area contributed by atoms with Gasteiger partial charge in [-0.25, -0.2) is 12.8 Å². The van der Waals surface area contributed by atoms with Crippen LogP contribution in [0.3, 0.4) is 0 Å². The van der Waals surface area contributed by atoms with Crippen molar-refractivity contribution in [3.63, 3.8) is 0 Å². The molecule has 0 amide bonds. The van der Waals surface area contributed by atoms with E-state index in [1.165, 1.54) is 24.4 Å². The van der Waals surface area contributed by atoms with Gasteiger partial charge in [0.2, 0.25) is 0 Å². The van der Waals surface area contributed by atoms with Crippen molar-refractivity contribution < 1.29 is 12.8 Å². The summed E-state index contributed by atoms with van der Waals surface area (Å²) in [5, 5.41) is 6.06. The number of halogens is 1. The molecular weight excluding hydrogens is 233 g/mol. The Hall–Kier alpha value is -1.89.